The van der Waals surface area contributed by atoms with Gasteiger partial charge in [-0.2, -0.15) is 13.0 Å². The number of aromatic nitrogens is 3. The average molecular weight is 719 g/mol. The molecule has 1 N–H and O–H groups in total. The van der Waals surface area contributed by atoms with Gasteiger partial charge in [-0.3, -0.25) is 4.55 Å². The summed E-state index contributed by atoms with van der Waals surface area (Å²) in [5, 5.41) is 0. The summed E-state index contributed by atoms with van der Waals surface area (Å²) in [7, 11) is -4.17. The number of fused-ring (bicyclic) bond motifs is 3. The molecule has 0 spiro atoms. The van der Waals surface area contributed by atoms with Gasteiger partial charge in [-0.1, -0.05) is 36.4 Å². The van der Waals surface area contributed by atoms with Crippen molar-refractivity contribution in [2.45, 2.75) is 33.7 Å². The zero-order valence-corrected chi connectivity index (χ0v) is 30.1. The van der Waals surface area contributed by atoms with Gasteiger partial charge in [0.25, 0.3) is 15.9 Å². The maximum atomic E-state index is 12.6. The first-order chi connectivity index (χ1) is 25.2. The third-order valence-corrected chi connectivity index (χ3v) is 9.90. The molecule has 0 bridgehead atoms. The van der Waals surface area contributed by atoms with Gasteiger partial charge in [0.2, 0.25) is 5.89 Å². The monoisotopic (exact) mass is 718 g/mol. The highest BCUT2D eigenvalue weighted by molar-refractivity contribution is 7.85. The number of nitrogens with zero attached hydrogens (tertiary/aromatic N) is 5. The van der Waals surface area contributed by atoms with Crippen LogP contribution in [0, 0.1) is 0 Å². The first kappa shape index (κ1) is 34.7. The Hall–Kier alpha value is -5.72. The van der Waals surface area contributed by atoms with E-state index in [0.29, 0.717) is 43.3 Å². The van der Waals surface area contributed by atoms with Gasteiger partial charge in [0.1, 0.15) is 17.0 Å². The lowest BCUT2D eigenvalue weighted by atomic mass is 10.1. The van der Waals surface area contributed by atoms with Gasteiger partial charge < -0.3 is 19.0 Å². The van der Waals surface area contributed by atoms with Crippen LogP contribution >= 0.6 is 0 Å². The Labute approximate surface area is 302 Å². The van der Waals surface area contributed by atoms with Crippen LogP contribution in [0.1, 0.15) is 43.4 Å². The molecule has 2 aromatic heterocycles. The number of para-hydroxylation sites is 3. The molecule has 12 heteroatoms. The second kappa shape index (κ2) is 14.5. The highest BCUT2D eigenvalue weighted by atomic mass is 32.2. The molecule has 0 fully saturated rings. The fraction of sp³-hybridized carbons (Fsp3) is 0.225. The van der Waals surface area contributed by atoms with E-state index >= 15 is 0 Å². The van der Waals surface area contributed by atoms with E-state index in [1.54, 1.807) is 13.0 Å². The van der Waals surface area contributed by atoms with E-state index in [2.05, 4.69) is 38.9 Å². The molecule has 0 unspecified atom stereocenters. The normalized spacial score (nSPS) is 14.0. The van der Waals surface area contributed by atoms with Crippen molar-refractivity contribution >= 4 is 55.7 Å². The van der Waals surface area contributed by atoms with Gasteiger partial charge in [-0.25, -0.2) is 14.3 Å². The quantitative estimate of drug-likeness (QED) is 0.0784. The number of allylic oxidation sites excluding steroid dienone is 2. The molecule has 0 atom stereocenters. The van der Waals surface area contributed by atoms with E-state index in [1.165, 1.54) is 0 Å². The van der Waals surface area contributed by atoms with Gasteiger partial charge in [-0.05, 0) is 81.4 Å². The maximum Gasteiger partial charge on any atom is 0.338 e. The summed E-state index contributed by atoms with van der Waals surface area (Å²) in [4.78, 5) is 21.7. The van der Waals surface area contributed by atoms with Crippen molar-refractivity contribution in [2.24, 2.45) is 0 Å². The number of benzene rings is 4. The number of oxazole rings is 1. The number of hydrogen-bond acceptors (Lipinski definition) is 8. The first-order valence-corrected chi connectivity index (χ1v) is 19.0. The second-order valence-corrected chi connectivity index (χ2v) is 13.9. The number of ether oxygens (including phenoxy) is 1. The Morgan fingerprint density at radius 3 is 2.40 bits per heavy atom. The van der Waals surface area contributed by atoms with Crippen LogP contribution in [0.5, 0.6) is 0 Å². The van der Waals surface area contributed by atoms with Crippen LogP contribution in [0.25, 0.3) is 45.4 Å². The van der Waals surface area contributed by atoms with Crippen molar-refractivity contribution < 1.29 is 31.5 Å². The Kier molecular flexibility index (Phi) is 9.67. The predicted molar refractivity (Wildman–Crippen MR) is 203 cm³/mol. The summed E-state index contributed by atoms with van der Waals surface area (Å²) in [5.74, 6) is 1.51. The second-order valence-electron chi connectivity index (χ2n) is 12.3. The van der Waals surface area contributed by atoms with E-state index < -0.39 is 10.1 Å². The summed E-state index contributed by atoms with van der Waals surface area (Å²) in [6, 6.07) is 29.2. The van der Waals surface area contributed by atoms with Crippen LogP contribution in [0.3, 0.4) is 0 Å². The fourth-order valence-electron chi connectivity index (χ4n) is 6.84. The third-order valence-electron chi connectivity index (χ3n) is 9.10. The Bertz CT molecular complexity index is 2420. The number of hydrogen-bond donors (Lipinski definition) is 1. The highest BCUT2D eigenvalue weighted by Gasteiger charge is 2.31. The van der Waals surface area contributed by atoms with Crippen molar-refractivity contribution in [1.29, 1.82) is 0 Å². The minimum Gasteiger partial charge on any atom is -0.462 e. The van der Waals surface area contributed by atoms with Gasteiger partial charge in [0, 0.05) is 37.2 Å². The molecule has 11 nitrogen and oxygen atoms in total. The van der Waals surface area contributed by atoms with Crippen LogP contribution < -0.4 is 14.4 Å². The summed E-state index contributed by atoms with van der Waals surface area (Å²) in [6.45, 7) is 7.95. The summed E-state index contributed by atoms with van der Waals surface area (Å²) < 4.78 is 48.8. The molecule has 266 valence electrons. The molecule has 1 aliphatic rings. The van der Waals surface area contributed by atoms with Crippen molar-refractivity contribution in [3.8, 4) is 17.1 Å². The molecule has 7 rings (SSSR count). The molecule has 4 aromatic carbocycles. The first-order valence-electron chi connectivity index (χ1n) is 17.4. The van der Waals surface area contributed by atoms with Gasteiger partial charge in [0.15, 0.2) is 16.6 Å². The van der Waals surface area contributed by atoms with E-state index in [-0.39, 0.29) is 18.1 Å². The van der Waals surface area contributed by atoms with E-state index in [4.69, 9.17) is 14.1 Å². The molecule has 0 saturated carbocycles. The zero-order chi connectivity index (χ0) is 36.4. The fourth-order valence-corrected chi connectivity index (χ4v) is 7.34. The smallest absolute Gasteiger partial charge is 0.338 e. The number of anilines is 2. The topological polar surface area (TPSA) is 122 Å². The minimum atomic E-state index is -4.17. The van der Waals surface area contributed by atoms with Crippen LogP contribution in [0.2, 0.25) is 0 Å². The lowest BCUT2D eigenvalue weighted by molar-refractivity contribution is -0.673. The van der Waals surface area contributed by atoms with Gasteiger partial charge >= 0.3 is 5.97 Å². The Balaban J connectivity index is 1.36. The molecular weight excluding hydrogens is 679 g/mol. The van der Waals surface area contributed by atoms with Crippen molar-refractivity contribution in [1.82, 2.24) is 9.55 Å². The highest BCUT2D eigenvalue weighted by Crippen LogP contribution is 2.42. The lowest BCUT2D eigenvalue weighted by Gasteiger charge is -2.23. The van der Waals surface area contributed by atoms with E-state index in [1.807, 2.05) is 97.1 Å². The SMILES string of the molecule is CCOC(=O)c1ccc2c(c1)N(CC)/C(=C\C=C\c1n(-c3ccccc3)c3ccc(-c4nc5ccccc5o4)cc3[n+]1CCCS(=O)(=O)O)N2CC. The molecule has 52 heavy (non-hydrogen) atoms. The van der Waals surface area contributed by atoms with Crippen molar-refractivity contribution in [3.05, 3.63) is 120 Å². The largest absolute Gasteiger partial charge is 0.462 e. The molecular formula is C40H40N5O6S+. The third kappa shape index (κ3) is 6.70. The van der Waals surface area contributed by atoms with Gasteiger partial charge in [0.05, 0.1) is 35.8 Å². The standard InChI is InChI=1S/C40H39N5O6S/c1-4-42-32-22-21-29(40(46)50-6-3)27-34(32)43(5-2)37(42)18-12-19-38-44(24-13-25-52(47,48)49)35-26-28(39-41-31-16-10-11-17-36(31)51-39)20-23-33(35)45(38)30-14-8-7-9-15-30/h7-12,14-23,26-27H,4-6,13,24-25H2,1-3H3/p+1. The Morgan fingerprint density at radius 1 is 0.923 bits per heavy atom. The van der Waals surface area contributed by atoms with E-state index in [9.17, 15) is 17.8 Å². The predicted octanol–water partition coefficient (Wildman–Crippen LogP) is 7.40. The summed E-state index contributed by atoms with van der Waals surface area (Å²) in [6.07, 6.45) is 6.25. The van der Waals surface area contributed by atoms with Crippen LogP contribution in [-0.4, -0.2) is 53.9 Å². The minimum absolute atomic E-state index is 0.192. The molecule has 0 radical (unpaired) electrons. The molecule has 6 aromatic rings. The number of esters is 1. The van der Waals surface area contributed by atoms with Crippen LogP contribution in [-0.2, 0) is 21.4 Å². The number of carbonyl (C=O) groups is 1. The summed E-state index contributed by atoms with van der Waals surface area (Å²) >= 11 is 0. The molecule has 0 amide bonds. The number of imidazole rings is 1. The summed E-state index contributed by atoms with van der Waals surface area (Å²) in [5.41, 5.74) is 7.32. The molecule has 0 aliphatic carbocycles. The zero-order valence-electron chi connectivity index (χ0n) is 29.3. The van der Waals surface area contributed by atoms with Crippen molar-refractivity contribution in [3.63, 3.8) is 0 Å². The van der Waals surface area contributed by atoms with Crippen LogP contribution in [0.4, 0.5) is 11.4 Å². The average Bonchev–Trinajstić information content (AvgIpc) is 3.80. The number of carbonyl (C=O) groups excluding carboxylic acids is 1. The number of rotatable bonds is 12. The molecule has 1 aliphatic heterocycles. The molecule has 3 heterocycles. The molecule has 0 saturated heterocycles. The van der Waals surface area contributed by atoms with E-state index in [0.717, 1.165) is 50.8 Å². The number of aryl methyl sites for hydroxylation is 1. The van der Waals surface area contributed by atoms with Crippen LogP contribution in [0.15, 0.2) is 113 Å². The Morgan fingerprint density at radius 2 is 1.67 bits per heavy atom. The van der Waals surface area contributed by atoms with Crippen molar-refractivity contribution in [2.75, 3.05) is 35.2 Å². The lowest BCUT2D eigenvalue weighted by Crippen LogP contribution is -2.37. The maximum absolute atomic E-state index is 12.6. The van der Waals surface area contributed by atoms with Gasteiger partial charge in [-0.15, -0.1) is 0 Å².